The molecule has 0 amide bonds. The van der Waals surface area contributed by atoms with Crippen molar-refractivity contribution in [1.29, 1.82) is 0 Å². The van der Waals surface area contributed by atoms with Crippen LogP contribution < -0.4 is 15.3 Å². The van der Waals surface area contributed by atoms with Gasteiger partial charge < -0.3 is 16.1 Å². The van der Waals surface area contributed by atoms with Crippen molar-refractivity contribution in [2.24, 2.45) is 0 Å². The van der Waals surface area contributed by atoms with Gasteiger partial charge in [-0.05, 0) is 12.7 Å². The SMILES string of the molecule is ClC1CNC([N-][n+]2ccccc2)CN1. The Morgan fingerprint density at radius 3 is 2.57 bits per heavy atom. The fourth-order valence-electron chi connectivity index (χ4n) is 1.33. The predicted molar refractivity (Wildman–Crippen MR) is 54.8 cm³/mol. The summed E-state index contributed by atoms with van der Waals surface area (Å²) in [7, 11) is 0. The van der Waals surface area contributed by atoms with Crippen LogP contribution in [0.15, 0.2) is 30.6 Å². The lowest BCUT2D eigenvalue weighted by Crippen LogP contribution is -2.54. The van der Waals surface area contributed by atoms with Gasteiger partial charge in [-0.1, -0.05) is 6.07 Å². The molecule has 0 radical (unpaired) electrons. The highest BCUT2D eigenvalue weighted by molar-refractivity contribution is 6.20. The summed E-state index contributed by atoms with van der Waals surface area (Å²) in [5.74, 6) is 0. The number of nitrogens with zero attached hydrogens (tertiary/aromatic N) is 2. The zero-order chi connectivity index (χ0) is 9.80. The van der Waals surface area contributed by atoms with E-state index in [4.69, 9.17) is 11.6 Å². The molecule has 0 spiro atoms. The number of aromatic nitrogens is 1. The second kappa shape index (κ2) is 4.59. The van der Waals surface area contributed by atoms with Crippen molar-refractivity contribution in [2.45, 2.75) is 11.7 Å². The van der Waals surface area contributed by atoms with Crippen LogP contribution in [0.5, 0.6) is 0 Å². The maximum atomic E-state index is 5.86. The number of pyridine rings is 1. The quantitative estimate of drug-likeness (QED) is 0.418. The van der Waals surface area contributed by atoms with Gasteiger partial charge in [0.2, 0.25) is 0 Å². The summed E-state index contributed by atoms with van der Waals surface area (Å²) >= 11 is 5.86. The average Bonchev–Trinajstić information content (AvgIpc) is 2.23. The smallest absolute Gasteiger partial charge is 0.164 e. The number of hydrogen-bond acceptors (Lipinski definition) is 2. The number of halogens is 1. The van der Waals surface area contributed by atoms with E-state index in [0.717, 1.165) is 13.1 Å². The van der Waals surface area contributed by atoms with Gasteiger partial charge in [0, 0.05) is 18.7 Å². The Kier molecular flexibility index (Phi) is 3.18. The first kappa shape index (κ1) is 9.71. The third kappa shape index (κ3) is 2.57. The van der Waals surface area contributed by atoms with E-state index < -0.39 is 0 Å². The molecule has 5 heteroatoms. The number of rotatable bonds is 2. The van der Waals surface area contributed by atoms with Crippen molar-refractivity contribution in [1.82, 2.24) is 10.6 Å². The standard InChI is InChI=1S/C9H13ClN4/c10-8-6-12-9(7-11-8)13-14-4-2-1-3-5-14/h1-5,8-9,11-12H,6-7H2. The lowest BCUT2D eigenvalue weighted by Gasteiger charge is -2.33. The zero-order valence-electron chi connectivity index (χ0n) is 7.73. The van der Waals surface area contributed by atoms with Gasteiger partial charge in [-0.2, -0.15) is 0 Å². The Hall–Kier alpha value is -0.840. The summed E-state index contributed by atoms with van der Waals surface area (Å²) in [5.41, 5.74) is 4.45. The normalized spacial score (nSPS) is 27.2. The van der Waals surface area contributed by atoms with E-state index in [1.165, 1.54) is 0 Å². The predicted octanol–water partition coefficient (Wildman–Crippen LogP) is 0.195. The summed E-state index contributed by atoms with van der Waals surface area (Å²) in [6.45, 7) is 1.50. The zero-order valence-corrected chi connectivity index (χ0v) is 8.48. The van der Waals surface area contributed by atoms with Gasteiger partial charge in [0.05, 0.1) is 5.50 Å². The van der Waals surface area contributed by atoms with Crippen LogP contribution in [-0.2, 0) is 0 Å². The molecule has 2 atom stereocenters. The number of piperazine rings is 1. The van der Waals surface area contributed by atoms with Crippen molar-refractivity contribution in [3.63, 3.8) is 0 Å². The molecule has 1 aliphatic heterocycles. The average molecular weight is 213 g/mol. The minimum Gasteiger partial charge on any atom is -0.416 e. The lowest BCUT2D eigenvalue weighted by molar-refractivity contribution is -0.628. The number of alkyl halides is 1. The molecule has 0 bridgehead atoms. The summed E-state index contributed by atoms with van der Waals surface area (Å²) in [5, 5.41) is 6.38. The van der Waals surface area contributed by atoms with Gasteiger partial charge in [-0.25, -0.2) is 4.68 Å². The van der Waals surface area contributed by atoms with E-state index in [-0.39, 0.29) is 11.7 Å². The minimum atomic E-state index is 0.0159. The van der Waals surface area contributed by atoms with E-state index >= 15 is 0 Å². The van der Waals surface area contributed by atoms with Crippen molar-refractivity contribution < 1.29 is 4.68 Å². The number of hydrogen-bond donors (Lipinski definition) is 2. The van der Waals surface area contributed by atoms with Crippen LogP contribution >= 0.6 is 11.6 Å². The molecule has 1 aliphatic rings. The third-order valence-corrected chi connectivity index (χ3v) is 2.35. The van der Waals surface area contributed by atoms with Gasteiger partial charge >= 0.3 is 0 Å². The maximum Gasteiger partial charge on any atom is 0.164 e. The van der Waals surface area contributed by atoms with Crippen LogP contribution in [0.4, 0.5) is 0 Å². The summed E-state index contributed by atoms with van der Waals surface area (Å²) < 4.78 is 1.80. The van der Waals surface area contributed by atoms with Crippen LogP contribution in [0, 0.1) is 0 Å². The van der Waals surface area contributed by atoms with Crippen molar-refractivity contribution >= 4 is 11.6 Å². The van der Waals surface area contributed by atoms with Crippen LogP contribution in [0.2, 0.25) is 0 Å². The molecule has 2 unspecified atom stereocenters. The highest BCUT2D eigenvalue weighted by atomic mass is 35.5. The summed E-state index contributed by atoms with van der Waals surface area (Å²) in [6, 6.07) is 5.86. The monoisotopic (exact) mass is 212 g/mol. The molecule has 0 aliphatic carbocycles. The van der Waals surface area contributed by atoms with E-state index in [1.54, 1.807) is 4.68 Å². The van der Waals surface area contributed by atoms with Gasteiger partial charge in [0.1, 0.15) is 0 Å². The van der Waals surface area contributed by atoms with Gasteiger partial charge in [-0.15, -0.1) is 11.6 Å². The Morgan fingerprint density at radius 2 is 1.93 bits per heavy atom. The molecule has 1 saturated heterocycles. The lowest BCUT2D eigenvalue weighted by atomic mass is 10.4. The van der Waals surface area contributed by atoms with Crippen LogP contribution in [-0.4, -0.2) is 24.8 Å². The third-order valence-electron chi connectivity index (χ3n) is 2.04. The molecule has 76 valence electrons. The molecule has 0 aromatic carbocycles. The van der Waals surface area contributed by atoms with Gasteiger partial charge in [0.15, 0.2) is 12.4 Å². The fraction of sp³-hybridized carbons (Fsp3) is 0.444. The molecule has 2 rings (SSSR count). The van der Waals surface area contributed by atoms with E-state index in [0.29, 0.717) is 0 Å². The van der Waals surface area contributed by atoms with Crippen LogP contribution in [0.3, 0.4) is 0 Å². The Morgan fingerprint density at radius 1 is 1.14 bits per heavy atom. The molecule has 4 nitrogen and oxygen atoms in total. The van der Waals surface area contributed by atoms with E-state index in [9.17, 15) is 0 Å². The van der Waals surface area contributed by atoms with Crippen LogP contribution in [0.1, 0.15) is 0 Å². The largest absolute Gasteiger partial charge is 0.416 e. The highest BCUT2D eigenvalue weighted by Crippen LogP contribution is 2.00. The van der Waals surface area contributed by atoms with E-state index in [2.05, 4.69) is 16.1 Å². The Labute approximate surface area is 88.2 Å². The second-order valence-corrected chi connectivity index (χ2v) is 3.70. The van der Waals surface area contributed by atoms with Gasteiger partial charge in [-0.3, -0.25) is 0 Å². The first-order valence-corrected chi connectivity index (χ1v) is 5.06. The van der Waals surface area contributed by atoms with Crippen molar-refractivity contribution in [3.05, 3.63) is 36.0 Å². The van der Waals surface area contributed by atoms with Crippen molar-refractivity contribution in [2.75, 3.05) is 13.1 Å². The minimum absolute atomic E-state index is 0.0159. The van der Waals surface area contributed by atoms with Gasteiger partial charge in [0.25, 0.3) is 0 Å². The molecule has 1 aromatic rings. The molecule has 0 saturated carbocycles. The topological polar surface area (TPSA) is 42.0 Å². The Bertz CT molecular complexity index is 271. The molecular formula is C9H13ClN4. The molecule has 2 N–H and O–H groups in total. The number of nitrogens with one attached hydrogen (secondary N) is 2. The van der Waals surface area contributed by atoms with E-state index in [1.807, 2.05) is 30.6 Å². The maximum absolute atomic E-state index is 5.86. The highest BCUT2D eigenvalue weighted by Gasteiger charge is 2.13. The second-order valence-electron chi connectivity index (χ2n) is 3.17. The fourth-order valence-corrected chi connectivity index (χ4v) is 1.51. The molecule has 1 fully saturated rings. The first-order valence-electron chi connectivity index (χ1n) is 4.63. The van der Waals surface area contributed by atoms with Crippen molar-refractivity contribution in [3.8, 4) is 0 Å². The molecule has 2 heterocycles. The molecular weight excluding hydrogens is 200 g/mol. The summed E-state index contributed by atoms with van der Waals surface area (Å²) in [4.78, 5) is 0. The first-order chi connectivity index (χ1) is 6.84. The molecule has 14 heavy (non-hydrogen) atoms. The van der Waals surface area contributed by atoms with Crippen LogP contribution in [0.25, 0.3) is 5.43 Å². The summed E-state index contributed by atoms with van der Waals surface area (Å²) in [6.07, 6.45) is 3.92. The Balaban J connectivity index is 1.87. The molecule has 1 aromatic heterocycles.